The number of nitrogen functional groups attached to an aromatic ring is 1. The molecule has 98 valence electrons. The van der Waals surface area contributed by atoms with Gasteiger partial charge in [-0.2, -0.15) is 0 Å². The minimum absolute atomic E-state index is 0.0993. The highest BCUT2D eigenvalue weighted by atomic mass is 19.3. The van der Waals surface area contributed by atoms with Crippen molar-refractivity contribution in [3.8, 4) is 0 Å². The Morgan fingerprint density at radius 1 is 1.44 bits per heavy atom. The first-order valence-corrected chi connectivity index (χ1v) is 5.98. The lowest BCUT2D eigenvalue weighted by molar-refractivity contribution is 0.0120. The van der Waals surface area contributed by atoms with Crippen molar-refractivity contribution < 1.29 is 13.6 Å². The van der Waals surface area contributed by atoms with Crippen LogP contribution in [0.15, 0.2) is 18.2 Å². The first-order chi connectivity index (χ1) is 8.41. The summed E-state index contributed by atoms with van der Waals surface area (Å²) in [4.78, 5) is 13.3. The van der Waals surface area contributed by atoms with Crippen molar-refractivity contribution in [2.45, 2.75) is 25.7 Å². The molecule has 0 unspecified atom stereocenters. The number of rotatable bonds is 2. The minimum atomic E-state index is -2.76. The van der Waals surface area contributed by atoms with E-state index in [1.54, 1.807) is 12.1 Å². The zero-order valence-corrected chi connectivity index (χ0v) is 10.2. The lowest BCUT2D eigenvalue weighted by Crippen LogP contribution is -2.31. The van der Waals surface area contributed by atoms with Gasteiger partial charge in [0.15, 0.2) is 0 Å². The molecule has 18 heavy (non-hydrogen) atoms. The molecule has 2 rings (SSSR count). The Labute approximate surface area is 105 Å². The molecule has 0 aliphatic carbocycles. The molecule has 5 heteroatoms. The Kier molecular flexibility index (Phi) is 3.24. The van der Waals surface area contributed by atoms with Gasteiger partial charge in [0.25, 0.3) is 11.8 Å². The van der Waals surface area contributed by atoms with E-state index in [4.69, 9.17) is 5.73 Å². The van der Waals surface area contributed by atoms with E-state index in [2.05, 4.69) is 0 Å². The molecule has 1 aromatic rings. The molecule has 0 atom stereocenters. The van der Waals surface area contributed by atoms with E-state index >= 15 is 0 Å². The van der Waals surface area contributed by atoms with Gasteiger partial charge < -0.3 is 10.6 Å². The van der Waals surface area contributed by atoms with E-state index in [-0.39, 0.29) is 18.9 Å². The van der Waals surface area contributed by atoms with Crippen LogP contribution in [-0.2, 0) is 6.42 Å². The highest BCUT2D eigenvalue weighted by Gasteiger charge is 2.40. The number of alkyl halides is 2. The lowest BCUT2D eigenvalue weighted by Gasteiger charge is -2.16. The molecule has 3 nitrogen and oxygen atoms in total. The fraction of sp³-hybridized carbons (Fsp3) is 0.462. The van der Waals surface area contributed by atoms with E-state index in [9.17, 15) is 13.6 Å². The van der Waals surface area contributed by atoms with Crippen LogP contribution in [0, 0.1) is 0 Å². The highest BCUT2D eigenvalue weighted by Crippen LogP contribution is 2.28. The maximum atomic E-state index is 13.1. The fourth-order valence-electron chi connectivity index (χ4n) is 2.14. The number of hydrogen-bond donors (Lipinski definition) is 1. The standard InChI is InChI=1S/C13H16F2N2O/c1-2-9-5-10(7-11(16)6-9)12(18)17-4-3-13(14,15)8-17/h5-7H,2-4,8,16H2,1H3. The first-order valence-electron chi connectivity index (χ1n) is 5.98. The molecule has 0 spiro atoms. The largest absolute Gasteiger partial charge is 0.399 e. The van der Waals surface area contributed by atoms with Crippen LogP contribution in [0.2, 0.25) is 0 Å². The molecule has 1 fully saturated rings. The van der Waals surface area contributed by atoms with Gasteiger partial charge in [0, 0.05) is 24.2 Å². The first kappa shape index (κ1) is 12.8. The summed E-state index contributed by atoms with van der Waals surface area (Å²) in [5.41, 5.74) is 7.52. The third kappa shape index (κ3) is 2.60. The molecule has 0 radical (unpaired) electrons. The highest BCUT2D eigenvalue weighted by molar-refractivity contribution is 5.95. The molecule has 2 N–H and O–H groups in total. The second kappa shape index (κ2) is 4.55. The Hall–Kier alpha value is -1.65. The van der Waals surface area contributed by atoms with Crippen LogP contribution in [0.1, 0.15) is 29.3 Å². The molecule has 1 amide bonds. The van der Waals surface area contributed by atoms with E-state index < -0.39 is 12.5 Å². The van der Waals surface area contributed by atoms with Gasteiger partial charge in [-0.25, -0.2) is 8.78 Å². The lowest BCUT2D eigenvalue weighted by atomic mass is 10.1. The summed E-state index contributed by atoms with van der Waals surface area (Å²) in [6, 6.07) is 5.04. The Bertz CT molecular complexity index is 474. The van der Waals surface area contributed by atoms with Gasteiger partial charge in [-0.15, -0.1) is 0 Å². The van der Waals surface area contributed by atoms with Crippen LogP contribution in [0.4, 0.5) is 14.5 Å². The zero-order valence-electron chi connectivity index (χ0n) is 10.2. The normalized spacial score (nSPS) is 18.1. The molecule has 0 bridgehead atoms. The number of halogens is 2. The van der Waals surface area contributed by atoms with Crippen LogP contribution < -0.4 is 5.73 Å². The quantitative estimate of drug-likeness (QED) is 0.823. The van der Waals surface area contributed by atoms with Crippen molar-refractivity contribution in [2.24, 2.45) is 0 Å². The summed E-state index contributed by atoms with van der Waals surface area (Å²) in [7, 11) is 0. The van der Waals surface area contributed by atoms with Crippen molar-refractivity contribution in [1.82, 2.24) is 4.90 Å². The Morgan fingerprint density at radius 3 is 2.72 bits per heavy atom. The number of nitrogens with two attached hydrogens (primary N) is 1. The van der Waals surface area contributed by atoms with E-state index in [1.165, 1.54) is 11.0 Å². The molecular formula is C13H16F2N2O. The number of hydrogen-bond acceptors (Lipinski definition) is 2. The average Bonchev–Trinajstić information content (AvgIpc) is 2.67. The predicted octanol–water partition coefficient (Wildman–Crippen LogP) is 2.31. The summed E-state index contributed by atoms with van der Waals surface area (Å²) in [6.45, 7) is 1.55. The molecule has 1 heterocycles. The number of aryl methyl sites for hydroxylation is 1. The van der Waals surface area contributed by atoms with Gasteiger partial charge >= 0.3 is 0 Å². The van der Waals surface area contributed by atoms with Gasteiger partial charge in [0.2, 0.25) is 0 Å². The van der Waals surface area contributed by atoms with Crippen molar-refractivity contribution in [1.29, 1.82) is 0 Å². The average molecular weight is 254 g/mol. The Balaban J connectivity index is 2.21. The van der Waals surface area contributed by atoms with Crippen LogP contribution in [0.25, 0.3) is 0 Å². The SMILES string of the molecule is CCc1cc(N)cc(C(=O)N2CCC(F)(F)C2)c1. The van der Waals surface area contributed by atoms with Gasteiger partial charge in [-0.1, -0.05) is 6.92 Å². The number of nitrogens with zero attached hydrogens (tertiary/aromatic N) is 1. The topological polar surface area (TPSA) is 46.3 Å². The molecule has 1 aliphatic heterocycles. The third-order valence-corrected chi connectivity index (χ3v) is 3.13. The summed E-state index contributed by atoms with van der Waals surface area (Å²) < 4.78 is 26.2. The number of carbonyl (C=O) groups excluding carboxylic acids is 1. The van der Waals surface area contributed by atoms with Gasteiger partial charge in [0.05, 0.1) is 6.54 Å². The summed E-state index contributed by atoms with van der Waals surface area (Å²) >= 11 is 0. The molecule has 1 aliphatic rings. The van der Waals surface area contributed by atoms with E-state index in [0.717, 1.165) is 12.0 Å². The van der Waals surface area contributed by atoms with Crippen molar-refractivity contribution >= 4 is 11.6 Å². The number of amides is 1. The molecule has 1 aromatic carbocycles. The third-order valence-electron chi connectivity index (χ3n) is 3.13. The van der Waals surface area contributed by atoms with Crippen molar-refractivity contribution in [3.05, 3.63) is 29.3 Å². The second-order valence-corrected chi connectivity index (χ2v) is 4.65. The number of carbonyl (C=O) groups is 1. The summed E-state index contributed by atoms with van der Waals surface area (Å²) in [5, 5.41) is 0. The fourth-order valence-corrected chi connectivity index (χ4v) is 2.14. The van der Waals surface area contributed by atoms with Crippen LogP contribution in [-0.4, -0.2) is 29.8 Å². The number of anilines is 1. The van der Waals surface area contributed by atoms with Crippen LogP contribution >= 0.6 is 0 Å². The molecular weight excluding hydrogens is 238 g/mol. The zero-order chi connectivity index (χ0) is 13.3. The monoisotopic (exact) mass is 254 g/mol. The maximum absolute atomic E-state index is 13.1. The minimum Gasteiger partial charge on any atom is -0.399 e. The number of benzene rings is 1. The molecule has 0 aromatic heterocycles. The molecule has 0 saturated carbocycles. The van der Waals surface area contributed by atoms with Crippen molar-refractivity contribution in [2.75, 3.05) is 18.8 Å². The van der Waals surface area contributed by atoms with Gasteiger partial charge in [-0.3, -0.25) is 4.79 Å². The predicted molar refractivity (Wildman–Crippen MR) is 65.7 cm³/mol. The van der Waals surface area contributed by atoms with Gasteiger partial charge in [-0.05, 0) is 30.2 Å². The van der Waals surface area contributed by atoms with Crippen LogP contribution in [0.5, 0.6) is 0 Å². The van der Waals surface area contributed by atoms with Crippen molar-refractivity contribution in [3.63, 3.8) is 0 Å². The second-order valence-electron chi connectivity index (χ2n) is 4.65. The summed E-state index contributed by atoms with van der Waals surface area (Å²) in [6.07, 6.45) is 0.489. The molecule has 1 saturated heterocycles. The van der Waals surface area contributed by atoms with E-state index in [1.807, 2.05) is 6.92 Å². The van der Waals surface area contributed by atoms with Crippen LogP contribution in [0.3, 0.4) is 0 Å². The summed E-state index contributed by atoms with van der Waals surface area (Å²) in [5.74, 6) is -3.13. The van der Waals surface area contributed by atoms with E-state index in [0.29, 0.717) is 11.3 Å². The smallest absolute Gasteiger partial charge is 0.267 e. The number of likely N-dealkylation sites (tertiary alicyclic amines) is 1. The van der Waals surface area contributed by atoms with Gasteiger partial charge in [0.1, 0.15) is 0 Å². The maximum Gasteiger partial charge on any atom is 0.267 e. The Morgan fingerprint density at radius 2 is 2.17 bits per heavy atom.